The molecular formula is C16H26N2O. The highest BCUT2D eigenvalue weighted by Crippen LogP contribution is 2.16. The fourth-order valence-electron chi connectivity index (χ4n) is 2.68. The van der Waals surface area contributed by atoms with Gasteiger partial charge in [0, 0.05) is 31.7 Å². The summed E-state index contributed by atoms with van der Waals surface area (Å²) in [7, 11) is 0. The molecule has 3 heteroatoms. The zero-order chi connectivity index (χ0) is 13.7. The van der Waals surface area contributed by atoms with Crippen LogP contribution < -0.4 is 5.32 Å². The summed E-state index contributed by atoms with van der Waals surface area (Å²) in [5.41, 5.74) is 2.76. The monoisotopic (exact) mass is 262 g/mol. The van der Waals surface area contributed by atoms with E-state index in [-0.39, 0.29) is 0 Å². The number of morpholine rings is 1. The Morgan fingerprint density at radius 3 is 2.58 bits per heavy atom. The van der Waals surface area contributed by atoms with Crippen molar-refractivity contribution in [2.75, 3.05) is 32.8 Å². The summed E-state index contributed by atoms with van der Waals surface area (Å²) in [6.45, 7) is 11.6. The van der Waals surface area contributed by atoms with Crippen LogP contribution in [0.25, 0.3) is 0 Å². The molecule has 0 unspecified atom stereocenters. The van der Waals surface area contributed by atoms with Crippen molar-refractivity contribution in [1.29, 1.82) is 0 Å². The van der Waals surface area contributed by atoms with Crippen LogP contribution in [0.4, 0.5) is 0 Å². The quantitative estimate of drug-likeness (QED) is 0.881. The highest BCUT2D eigenvalue weighted by atomic mass is 16.5. The normalized spacial score (nSPS) is 20.2. The first-order valence-electron chi connectivity index (χ1n) is 7.29. The molecule has 106 valence electrons. The molecule has 1 fully saturated rings. The van der Waals surface area contributed by atoms with Crippen LogP contribution in [-0.4, -0.2) is 43.8 Å². The second kappa shape index (κ2) is 7.04. The zero-order valence-corrected chi connectivity index (χ0v) is 12.4. The van der Waals surface area contributed by atoms with Crippen molar-refractivity contribution in [1.82, 2.24) is 10.2 Å². The topological polar surface area (TPSA) is 24.5 Å². The number of benzene rings is 1. The van der Waals surface area contributed by atoms with Crippen molar-refractivity contribution in [2.24, 2.45) is 0 Å². The average molecular weight is 262 g/mol. The van der Waals surface area contributed by atoms with E-state index in [1.807, 2.05) is 0 Å². The third-order valence-corrected chi connectivity index (χ3v) is 4.04. The molecule has 0 radical (unpaired) electrons. The van der Waals surface area contributed by atoms with Gasteiger partial charge in [-0.2, -0.15) is 0 Å². The lowest BCUT2D eigenvalue weighted by molar-refractivity contribution is 0.0200. The lowest BCUT2D eigenvalue weighted by Gasteiger charge is -2.33. The molecule has 1 saturated heterocycles. The first kappa shape index (κ1) is 14.5. The minimum atomic E-state index is 0.407. The van der Waals surface area contributed by atoms with E-state index >= 15 is 0 Å². The maximum Gasteiger partial charge on any atom is 0.0594 e. The largest absolute Gasteiger partial charge is 0.379 e. The van der Waals surface area contributed by atoms with Gasteiger partial charge in [-0.05, 0) is 31.9 Å². The van der Waals surface area contributed by atoms with Gasteiger partial charge in [-0.15, -0.1) is 0 Å². The molecule has 0 aromatic heterocycles. The number of aryl methyl sites for hydroxylation is 1. The smallest absolute Gasteiger partial charge is 0.0594 e. The summed E-state index contributed by atoms with van der Waals surface area (Å²) in [6, 6.07) is 9.58. The van der Waals surface area contributed by atoms with Crippen LogP contribution in [0.1, 0.15) is 31.0 Å². The molecular weight excluding hydrogens is 236 g/mol. The van der Waals surface area contributed by atoms with Crippen LogP contribution in [0.3, 0.4) is 0 Å². The number of hydrogen-bond donors (Lipinski definition) is 1. The molecule has 0 spiro atoms. The van der Waals surface area contributed by atoms with Crippen LogP contribution >= 0.6 is 0 Å². The number of nitrogens with zero attached hydrogens (tertiary/aromatic N) is 1. The van der Waals surface area contributed by atoms with E-state index < -0.39 is 0 Å². The van der Waals surface area contributed by atoms with E-state index in [0.717, 1.165) is 32.8 Å². The minimum absolute atomic E-state index is 0.407. The Morgan fingerprint density at radius 2 is 1.89 bits per heavy atom. The van der Waals surface area contributed by atoms with E-state index in [4.69, 9.17) is 4.74 Å². The molecule has 3 nitrogen and oxygen atoms in total. The van der Waals surface area contributed by atoms with Gasteiger partial charge >= 0.3 is 0 Å². The van der Waals surface area contributed by atoms with Gasteiger partial charge in [0.25, 0.3) is 0 Å². The van der Waals surface area contributed by atoms with Crippen molar-refractivity contribution in [3.8, 4) is 0 Å². The second-order valence-corrected chi connectivity index (χ2v) is 5.48. The lowest BCUT2D eigenvalue weighted by Crippen LogP contribution is -2.46. The third kappa shape index (κ3) is 4.03. The second-order valence-electron chi connectivity index (χ2n) is 5.48. The molecule has 19 heavy (non-hydrogen) atoms. The van der Waals surface area contributed by atoms with Gasteiger partial charge in [0.15, 0.2) is 0 Å². The first-order chi connectivity index (χ1) is 9.18. The number of hydrogen-bond acceptors (Lipinski definition) is 3. The fraction of sp³-hybridized carbons (Fsp3) is 0.625. The van der Waals surface area contributed by atoms with Gasteiger partial charge < -0.3 is 10.1 Å². The van der Waals surface area contributed by atoms with Gasteiger partial charge in [-0.25, -0.2) is 0 Å². The number of nitrogens with one attached hydrogen (secondary N) is 1. The summed E-state index contributed by atoms with van der Waals surface area (Å²) in [5, 5.41) is 3.65. The van der Waals surface area contributed by atoms with E-state index in [1.165, 1.54) is 11.1 Å². The van der Waals surface area contributed by atoms with Gasteiger partial charge in [-0.3, -0.25) is 4.90 Å². The maximum absolute atomic E-state index is 5.40. The van der Waals surface area contributed by atoms with E-state index in [9.17, 15) is 0 Å². The zero-order valence-electron chi connectivity index (χ0n) is 12.4. The van der Waals surface area contributed by atoms with Crippen molar-refractivity contribution in [3.63, 3.8) is 0 Å². The Morgan fingerprint density at radius 1 is 1.21 bits per heavy atom. The molecule has 0 bridgehead atoms. The highest BCUT2D eigenvalue weighted by Gasteiger charge is 2.17. The molecule has 2 atom stereocenters. The summed E-state index contributed by atoms with van der Waals surface area (Å²) >= 11 is 0. The van der Waals surface area contributed by atoms with Crippen LogP contribution in [0.5, 0.6) is 0 Å². The Balaban J connectivity index is 1.82. The van der Waals surface area contributed by atoms with Gasteiger partial charge in [0.1, 0.15) is 0 Å². The maximum atomic E-state index is 5.40. The molecule has 0 amide bonds. The van der Waals surface area contributed by atoms with E-state index in [1.54, 1.807) is 0 Å². The van der Waals surface area contributed by atoms with Crippen LogP contribution in [-0.2, 0) is 4.74 Å². The number of rotatable bonds is 5. The van der Waals surface area contributed by atoms with Crippen LogP contribution in [0.2, 0.25) is 0 Å². The predicted molar refractivity (Wildman–Crippen MR) is 79.5 cm³/mol. The first-order valence-corrected chi connectivity index (χ1v) is 7.29. The van der Waals surface area contributed by atoms with Crippen LogP contribution in [0.15, 0.2) is 24.3 Å². The summed E-state index contributed by atoms with van der Waals surface area (Å²) < 4.78 is 5.40. The Labute approximate surface area is 116 Å². The molecule has 1 aliphatic heterocycles. The number of ether oxygens (including phenoxy) is 1. The molecule has 1 heterocycles. The Kier molecular flexibility index (Phi) is 5.37. The van der Waals surface area contributed by atoms with Crippen LogP contribution in [0, 0.1) is 6.92 Å². The molecule has 0 aliphatic carbocycles. The minimum Gasteiger partial charge on any atom is -0.379 e. The predicted octanol–water partition coefficient (Wildman–Crippen LogP) is 2.37. The summed E-state index contributed by atoms with van der Waals surface area (Å²) in [6.07, 6.45) is 0. The van der Waals surface area contributed by atoms with Gasteiger partial charge in [-0.1, -0.05) is 24.3 Å². The van der Waals surface area contributed by atoms with Crippen molar-refractivity contribution >= 4 is 0 Å². The van der Waals surface area contributed by atoms with Gasteiger partial charge in [0.2, 0.25) is 0 Å². The molecule has 0 saturated carbocycles. The van der Waals surface area contributed by atoms with Gasteiger partial charge in [0.05, 0.1) is 13.2 Å². The standard InChI is InChI=1S/C16H26N2O/c1-13-6-4-5-7-16(13)15(3)17-12-14(2)18-8-10-19-11-9-18/h4-7,14-15,17H,8-12H2,1-3H3/t14-,15+/m0/s1. The Bertz CT molecular complexity index is 388. The van der Waals surface area contributed by atoms with Crippen molar-refractivity contribution in [2.45, 2.75) is 32.9 Å². The highest BCUT2D eigenvalue weighted by molar-refractivity contribution is 5.28. The molecule has 2 rings (SSSR count). The summed E-state index contributed by atoms with van der Waals surface area (Å²) in [5.74, 6) is 0. The molecule has 1 N–H and O–H groups in total. The van der Waals surface area contributed by atoms with Crippen molar-refractivity contribution < 1.29 is 4.74 Å². The molecule has 1 aliphatic rings. The SMILES string of the molecule is Cc1ccccc1[C@@H](C)NC[C@H](C)N1CCOCC1. The third-order valence-electron chi connectivity index (χ3n) is 4.04. The summed E-state index contributed by atoms with van der Waals surface area (Å²) in [4.78, 5) is 2.50. The molecule has 1 aromatic carbocycles. The fourth-order valence-corrected chi connectivity index (χ4v) is 2.68. The molecule has 1 aromatic rings. The van der Waals surface area contributed by atoms with E-state index in [2.05, 4.69) is 55.3 Å². The average Bonchev–Trinajstić information content (AvgIpc) is 2.46. The van der Waals surface area contributed by atoms with Crippen molar-refractivity contribution in [3.05, 3.63) is 35.4 Å². The lowest BCUT2D eigenvalue weighted by atomic mass is 10.0. The Hall–Kier alpha value is -0.900. The van der Waals surface area contributed by atoms with E-state index in [0.29, 0.717) is 12.1 Å².